The first-order valence-electron chi connectivity index (χ1n) is 11.2. The van der Waals surface area contributed by atoms with Gasteiger partial charge in [-0.1, -0.05) is 0 Å². The van der Waals surface area contributed by atoms with Crippen LogP contribution in [0.1, 0.15) is 51.8 Å². The van der Waals surface area contributed by atoms with Crippen molar-refractivity contribution < 1.29 is 27.9 Å². The first kappa shape index (κ1) is 21.9. The number of aryl methyl sites for hydroxylation is 2. The quantitative estimate of drug-likeness (QED) is 0.407. The monoisotopic (exact) mass is 465 g/mol. The van der Waals surface area contributed by atoms with E-state index in [1.165, 1.54) is 0 Å². The van der Waals surface area contributed by atoms with Gasteiger partial charge in [-0.25, -0.2) is 13.7 Å². The van der Waals surface area contributed by atoms with Crippen LogP contribution in [-0.2, 0) is 4.74 Å². The highest BCUT2D eigenvalue weighted by atomic mass is 19.1. The average Bonchev–Trinajstić information content (AvgIpc) is 3.32. The number of halogens is 1. The van der Waals surface area contributed by atoms with Gasteiger partial charge in [0.25, 0.3) is 5.91 Å². The van der Waals surface area contributed by atoms with Gasteiger partial charge < -0.3 is 19.2 Å². The molecule has 1 N–H and O–H groups in total. The lowest BCUT2D eigenvalue weighted by Crippen LogP contribution is -2.48. The topological polar surface area (TPSA) is 95.1 Å². The van der Waals surface area contributed by atoms with Crippen molar-refractivity contribution in [1.82, 2.24) is 14.9 Å². The highest BCUT2D eigenvalue weighted by Gasteiger charge is 2.33. The number of furan rings is 1. The zero-order valence-corrected chi connectivity index (χ0v) is 19.1. The van der Waals surface area contributed by atoms with Crippen LogP contribution < -0.4 is 10.1 Å². The number of nitrogens with zero attached hydrogens (tertiary/aromatic N) is 2. The van der Waals surface area contributed by atoms with Gasteiger partial charge in [0.1, 0.15) is 28.8 Å². The van der Waals surface area contributed by atoms with Crippen LogP contribution >= 0.6 is 0 Å². The normalized spacial score (nSPS) is 17.5. The molecule has 8 nitrogen and oxygen atoms in total. The number of hydrogen-bond acceptors (Lipinski definition) is 6. The second-order valence-corrected chi connectivity index (χ2v) is 8.34. The molecule has 5 rings (SSSR count). The van der Waals surface area contributed by atoms with E-state index in [1.54, 1.807) is 55.0 Å². The second-order valence-electron chi connectivity index (χ2n) is 8.34. The number of carbonyl (C=O) groups excluding carboxylic acids is 2. The van der Waals surface area contributed by atoms with Crippen molar-refractivity contribution in [3.63, 3.8) is 0 Å². The fraction of sp³-hybridized carbons (Fsp3) is 0.320. The van der Waals surface area contributed by atoms with Crippen LogP contribution in [0.3, 0.4) is 0 Å². The first-order chi connectivity index (χ1) is 16.4. The summed E-state index contributed by atoms with van der Waals surface area (Å²) in [5, 5.41) is 7.65. The minimum Gasteiger partial charge on any atom is -0.462 e. The molecular formula is C25H24FN3O5. The molecule has 2 unspecified atom stereocenters. The Balaban J connectivity index is 1.46. The molecule has 3 aromatic heterocycles. The maximum Gasteiger partial charge on any atom is 0.340 e. The van der Waals surface area contributed by atoms with E-state index in [0.29, 0.717) is 63.3 Å². The largest absolute Gasteiger partial charge is 0.462 e. The molecule has 1 fully saturated rings. The number of esters is 1. The number of fused-ring (bicyclic) bond motifs is 2. The fourth-order valence-electron chi connectivity index (χ4n) is 4.25. The minimum atomic E-state index is -0.999. The lowest BCUT2D eigenvalue weighted by molar-refractivity contribution is 0.0525. The summed E-state index contributed by atoms with van der Waals surface area (Å²) in [5.41, 5.74) is 2.63. The van der Waals surface area contributed by atoms with Crippen LogP contribution in [0.2, 0.25) is 0 Å². The Morgan fingerprint density at radius 2 is 2.09 bits per heavy atom. The van der Waals surface area contributed by atoms with Gasteiger partial charge in [-0.3, -0.25) is 4.79 Å². The predicted octanol–water partition coefficient (Wildman–Crippen LogP) is 4.90. The van der Waals surface area contributed by atoms with Crippen molar-refractivity contribution in [2.45, 2.75) is 45.8 Å². The number of nitrogens with one attached hydrogen (secondary N) is 1. The lowest BCUT2D eigenvalue weighted by Gasteiger charge is -2.30. The van der Waals surface area contributed by atoms with Crippen molar-refractivity contribution in [1.29, 1.82) is 0 Å². The highest BCUT2D eigenvalue weighted by molar-refractivity contribution is 6.07. The van der Waals surface area contributed by atoms with E-state index >= 15 is 0 Å². The van der Waals surface area contributed by atoms with Crippen molar-refractivity contribution >= 4 is 28.4 Å². The predicted molar refractivity (Wildman–Crippen MR) is 122 cm³/mol. The molecule has 1 amide bonds. The molecule has 9 heteroatoms. The van der Waals surface area contributed by atoms with Gasteiger partial charge in [-0.05, 0) is 51.3 Å². The van der Waals surface area contributed by atoms with Crippen molar-refractivity contribution in [2.75, 3.05) is 6.61 Å². The van der Waals surface area contributed by atoms with E-state index in [2.05, 4.69) is 10.4 Å². The summed E-state index contributed by atoms with van der Waals surface area (Å²) in [4.78, 5) is 25.0. The van der Waals surface area contributed by atoms with E-state index in [9.17, 15) is 14.0 Å². The molecular weight excluding hydrogens is 441 g/mol. The zero-order chi connectivity index (χ0) is 24.0. The lowest BCUT2D eigenvalue weighted by atomic mass is 9.90. The van der Waals surface area contributed by atoms with Gasteiger partial charge in [-0.15, -0.1) is 0 Å². The number of amides is 1. The molecule has 4 aromatic rings. The summed E-state index contributed by atoms with van der Waals surface area (Å²) >= 11 is 0. The van der Waals surface area contributed by atoms with Gasteiger partial charge in [-0.2, -0.15) is 5.10 Å². The van der Waals surface area contributed by atoms with Gasteiger partial charge in [0, 0.05) is 23.7 Å². The number of ether oxygens (including phenoxy) is 2. The summed E-state index contributed by atoms with van der Waals surface area (Å²) in [7, 11) is 0. The zero-order valence-electron chi connectivity index (χ0n) is 19.1. The van der Waals surface area contributed by atoms with Crippen LogP contribution in [0.15, 0.2) is 41.1 Å². The van der Waals surface area contributed by atoms with E-state index < -0.39 is 18.2 Å². The molecule has 176 valence electrons. The Morgan fingerprint density at radius 3 is 2.79 bits per heavy atom. The maximum absolute atomic E-state index is 13.6. The number of carbonyl (C=O) groups is 2. The number of benzene rings is 1. The Morgan fingerprint density at radius 1 is 1.26 bits per heavy atom. The van der Waals surface area contributed by atoms with Crippen LogP contribution in [0, 0.1) is 13.8 Å². The van der Waals surface area contributed by atoms with E-state index in [-0.39, 0.29) is 12.5 Å². The summed E-state index contributed by atoms with van der Waals surface area (Å²) in [6.45, 7) is 5.54. The number of alkyl halides is 1. The number of hydrogen-bond donors (Lipinski definition) is 1. The van der Waals surface area contributed by atoms with Crippen molar-refractivity contribution in [3.8, 4) is 11.5 Å². The first-order valence-corrected chi connectivity index (χ1v) is 11.2. The molecule has 0 aliphatic heterocycles. The molecule has 3 heterocycles. The molecule has 0 saturated heterocycles. The summed E-state index contributed by atoms with van der Waals surface area (Å²) in [6, 6.07) is 6.44. The molecule has 1 saturated carbocycles. The maximum atomic E-state index is 13.6. The smallest absolute Gasteiger partial charge is 0.340 e. The fourth-order valence-corrected chi connectivity index (χ4v) is 4.25. The van der Waals surface area contributed by atoms with Crippen molar-refractivity contribution in [3.05, 3.63) is 59.1 Å². The third-order valence-electron chi connectivity index (χ3n) is 6.18. The van der Waals surface area contributed by atoms with Crippen LogP contribution in [0.5, 0.6) is 11.5 Å². The molecule has 0 bridgehead atoms. The molecule has 34 heavy (non-hydrogen) atoms. The Labute approximate surface area is 194 Å². The molecule has 0 radical (unpaired) electrons. The van der Waals surface area contributed by atoms with E-state index in [0.717, 1.165) is 0 Å². The van der Waals surface area contributed by atoms with Crippen LogP contribution in [0.4, 0.5) is 4.39 Å². The van der Waals surface area contributed by atoms with Crippen LogP contribution in [0.25, 0.3) is 16.5 Å². The summed E-state index contributed by atoms with van der Waals surface area (Å²) < 4.78 is 32.2. The van der Waals surface area contributed by atoms with Crippen LogP contribution in [-0.4, -0.2) is 40.3 Å². The number of aromatic nitrogens is 2. The molecule has 1 aliphatic carbocycles. The average molecular weight is 465 g/mol. The summed E-state index contributed by atoms with van der Waals surface area (Å²) in [5.74, 6) is 0.677. The Kier molecular flexibility index (Phi) is 5.47. The minimum absolute atomic E-state index is 0.277. The highest BCUT2D eigenvalue weighted by Crippen LogP contribution is 2.34. The second kappa shape index (κ2) is 8.48. The number of rotatable bonds is 6. The third kappa shape index (κ3) is 3.67. The van der Waals surface area contributed by atoms with Crippen molar-refractivity contribution in [2.24, 2.45) is 0 Å². The Bertz CT molecular complexity index is 1420. The molecule has 1 aromatic carbocycles. The SMILES string of the molecule is CCOC(=O)c1cn2nccc(Oc3ccc4c(C(=O)NC5CCC5F)c(C)oc4c3)c2c1C. The Hall–Kier alpha value is -3.88. The standard InChI is InChI=1S/C25H24FN3O5/c1-4-32-25(31)17-12-29-23(13(17)2)20(9-10-27-29)34-15-5-6-16-21(11-15)33-14(3)22(16)24(30)28-19-8-7-18(19)26/h5-6,9-12,18-19H,4,7-8H2,1-3H3,(H,28,30). The molecule has 0 spiro atoms. The summed E-state index contributed by atoms with van der Waals surface area (Å²) in [6.07, 6.45) is 3.30. The van der Waals surface area contributed by atoms with E-state index in [4.69, 9.17) is 13.9 Å². The van der Waals surface area contributed by atoms with Gasteiger partial charge in [0.15, 0.2) is 5.75 Å². The van der Waals surface area contributed by atoms with Gasteiger partial charge in [0.2, 0.25) is 0 Å². The molecule has 1 aliphatic rings. The van der Waals surface area contributed by atoms with Gasteiger partial charge >= 0.3 is 5.97 Å². The molecule has 2 atom stereocenters. The van der Waals surface area contributed by atoms with E-state index in [1.807, 2.05) is 6.92 Å². The van der Waals surface area contributed by atoms with Gasteiger partial charge in [0.05, 0.1) is 30.0 Å². The third-order valence-corrected chi connectivity index (χ3v) is 6.18.